The maximum atomic E-state index is 12.2. The van der Waals surface area contributed by atoms with E-state index in [0.717, 1.165) is 69.0 Å². The number of anilines is 4. The number of nitrogens with one attached hydrogen (secondary N) is 2. The molecule has 2 fully saturated rings. The Hall–Kier alpha value is -3.11. The quantitative estimate of drug-likeness (QED) is 0.447. The number of benzene rings is 1. The number of nitrogens with two attached hydrogens (primary N) is 1. The number of hydrogen-bond donors (Lipinski definition) is 4. The highest BCUT2D eigenvalue weighted by Gasteiger charge is 2.23. The molecule has 0 radical (unpaired) electrons. The van der Waals surface area contributed by atoms with Crippen LogP contribution in [-0.4, -0.2) is 78.4 Å². The fourth-order valence-corrected chi connectivity index (χ4v) is 4.71. The highest BCUT2D eigenvalue weighted by molar-refractivity contribution is 5.96. The lowest BCUT2D eigenvalue weighted by Gasteiger charge is -2.34. The molecule has 5 N–H and O–H groups in total. The molecule has 190 valence electrons. The van der Waals surface area contributed by atoms with Crippen LogP contribution in [0.5, 0.6) is 5.75 Å². The van der Waals surface area contributed by atoms with Gasteiger partial charge in [0.25, 0.3) is 5.91 Å². The van der Waals surface area contributed by atoms with Crippen molar-refractivity contribution in [3.8, 4) is 5.75 Å². The lowest BCUT2D eigenvalue weighted by atomic mass is 9.93. The molecule has 0 bridgehead atoms. The van der Waals surface area contributed by atoms with Crippen molar-refractivity contribution in [3.63, 3.8) is 0 Å². The van der Waals surface area contributed by atoms with Crippen molar-refractivity contribution in [2.24, 2.45) is 5.73 Å². The van der Waals surface area contributed by atoms with Crippen molar-refractivity contribution >= 4 is 28.9 Å². The number of carbonyl (C=O) groups excluding carboxylic acids is 1. The zero-order valence-corrected chi connectivity index (χ0v) is 20.9. The Bertz CT molecular complexity index is 1030. The van der Waals surface area contributed by atoms with Crippen LogP contribution in [0, 0.1) is 0 Å². The molecule has 0 atom stereocenters. The van der Waals surface area contributed by atoms with Crippen LogP contribution in [0.1, 0.15) is 48.8 Å². The third-order valence-corrected chi connectivity index (χ3v) is 6.86. The van der Waals surface area contributed by atoms with Gasteiger partial charge in [0.05, 0.1) is 24.6 Å². The van der Waals surface area contributed by atoms with Gasteiger partial charge in [-0.2, -0.15) is 0 Å². The molecule has 1 aromatic carbocycles. The van der Waals surface area contributed by atoms with Gasteiger partial charge in [0.2, 0.25) is 0 Å². The van der Waals surface area contributed by atoms with E-state index in [2.05, 4.69) is 32.5 Å². The minimum Gasteiger partial charge on any atom is -0.495 e. The first-order valence-corrected chi connectivity index (χ1v) is 12.4. The molecule has 10 nitrogen and oxygen atoms in total. The Balaban J connectivity index is 1.60. The Labute approximate surface area is 206 Å². The number of hydrogen-bond acceptors (Lipinski definition) is 9. The van der Waals surface area contributed by atoms with Crippen LogP contribution in [0.3, 0.4) is 0 Å². The van der Waals surface area contributed by atoms with E-state index >= 15 is 0 Å². The number of aryl methyl sites for hydroxylation is 1. The summed E-state index contributed by atoms with van der Waals surface area (Å²) in [5.74, 6) is 1.06. The number of methoxy groups -OCH3 is 1. The lowest BCUT2D eigenvalue weighted by Crippen LogP contribution is -2.44. The van der Waals surface area contributed by atoms with Gasteiger partial charge in [0.1, 0.15) is 11.6 Å². The summed E-state index contributed by atoms with van der Waals surface area (Å²) in [5, 5.41) is 16.5. The Kier molecular flexibility index (Phi) is 7.92. The van der Waals surface area contributed by atoms with Gasteiger partial charge in [0.15, 0.2) is 11.5 Å². The van der Waals surface area contributed by atoms with Gasteiger partial charge in [-0.05, 0) is 51.3 Å². The van der Waals surface area contributed by atoms with Crippen LogP contribution in [-0.2, 0) is 6.42 Å². The van der Waals surface area contributed by atoms with E-state index in [0.29, 0.717) is 23.8 Å². The second-order valence-electron chi connectivity index (χ2n) is 9.39. The molecular weight excluding hydrogens is 446 g/mol. The molecular formula is C25H37N7O3. The van der Waals surface area contributed by atoms with E-state index in [9.17, 15) is 9.90 Å². The molecule has 1 aliphatic heterocycles. The number of ether oxygens (including phenoxy) is 1. The molecule has 1 saturated carbocycles. The zero-order valence-electron chi connectivity index (χ0n) is 20.9. The Morgan fingerprint density at radius 1 is 1.14 bits per heavy atom. The number of piperazine rings is 1. The van der Waals surface area contributed by atoms with Crippen molar-refractivity contribution in [2.45, 2.75) is 51.2 Å². The van der Waals surface area contributed by atoms with E-state index in [4.69, 9.17) is 15.5 Å². The van der Waals surface area contributed by atoms with E-state index in [1.165, 1.54) is 0 Å². The standard InChI is InChI=1S/C25H37N7O3/c1-4-19-24(27-16-5-8-18(33)9-6-16)30-25(22(29-19)23(26)34)28-17-7-10-20(21(15-17)35-3)32-13-11-31(2)12-14-32/h7,10,15-16,18,33H,4-6,8-9,11-14H2,1-3H3,(H2,26,34)(H2,27,28,30). The number of primary amides is 1. The molecule has 35 heavy (non-hydrogen) atoms. The molecule has 10 heteroatoms. The third kappa shape index (κ3) is 5.94. The summed E-state index contributed by atoms with van der Waals surface area (Å²) in [6.07, 6.45) is 3.61. The predicted octanol–water partition coefficient (Wildman–Crippen LogP) is 2.36. The predicted molar refractivity (Wildman–Crippen MR) is 138 cm³/mol. The van der Waals surface area contributed by atoms with Crippen LogP contribution in [0.15, 0.2) is 18.2 Å². The largest absolute Gasteiger partial charge is 0.495 e. The number of rotatable bonds is 8. The molecule has 2 aromatic rings. The molecule has 0 unspecified atom stereocenters. The number of aromatic nitrogens is 2. The fraction of sp³-hybridized carbons (Fsp3) is 0.560. The first-order chi connectivity index (χ1) is 16.9. The molecule has 1 aliphatic carbocycles. The molecule has 4 rings (SSSR count). The SMILES string of the molecule is CCc1nc(C(N)=O)c(Nc2ccc(N3CCN(C)CC3)c(OC)c2)nc1NC1CCC(O)CC1. The van der Waals surface area contributed by atoms with Gasteiger partial charge in [-0.1, -0.05) is 6.92 Å². The first-order valence-electron chi connectivity index (χ1n) is 12.4. The average Bonchev–Trinajstić information content (AvgIpc) is 2.86. The second-order valence-corrected chi connectivity index (χ2v) is 9.39. The van der Waals surface area contributed by atoms with Crippen LogP contribution >= 0.6 is 0 Å². The minimum absolute atomic E-state index is 0.105. The summed E-state index contributed by atoms with van der Waals surface area (Å²) in [6.45, 7) is 5.84. The molecule has 2 aliphatic rings. The monoisotopic (exact) mass is 483 g/mol. The van der Waals surface area contributed by atoms with Crippen molar-refractivity contribution in [1.29, 1.82) is 0 Å². The summed E-state index contributed by atoms with van der Waals surface area (Å²) in [5.41, 5.74) is 8.23. The van der Waals surface area contributed by atoms with Gasteiger partial charge in [0, 0.05) is 44.0 Å². The van der Waals surface area contributed by atoms with Gasteiger partial charge in [-0.15, -0.1) is 0 Å². The van der Waals surface area contributed by atoms with Crippen molar-refractivity contribution in [3.05, 3.63) is 29.6 Å². The van der Waals surface area contributed by atoms with E-state index < -0.39 is 5.91 Å². The Morgan fingerprint density at radius 3 is 2.49 bits per heavy atom. The topological polar surface area (TPSA) is 129 Å². The number of aliphatic hydroxyl groups is 1. The van der Waals surface area contributed by atoms with Gasteiger partial charge < -0.3 is 36.0 Å². The molecule has 1 saturated heterocycles. The fourth-order valence-electron chi connectivity index (χ4n) is 4.71. The van der Waals surface area contributed by atoms with Crippen molar-refractivity contribution in [2.75, 3.05) is 55.9 Å². The lowest BCUT2D eigenvalue weighted by molar-refractivity contribution is 0.0996. The molecule has 1 amide bonds. The summed E-state index contributed by atoms with van der Waals surface area (Å²) >= 11 is 0. The van der Waals surface area contributed by atoms with E-state index in [-0.39, 0.29) is 17.8 Å². The number of likely N-dealkylation sites (N-methyl/N-ethyl adjacent to an activating group) is 1. The maximum Gasteiger partial charge on any atom is 0.271 e. The summed E-state index contributed by atoms with van der Waals surface area (Å²) < 4.78 is 5.70. The summed E-state index contributed by atoms with van der Waals surface area (Å²) in [4.78, 5) is 26.1. The smallest absolute Gasteiger partial charge is 0.271 e. The number of amides is 1. The van der Waals surface area contributed by atoms with Crippen LogP contribution in [0.4, 0.5) is 23.0 Å². The van der Waals surface area contributed by atoms with Crippen LogP contribution in [0.2, 0.25) is 0 Å². The normalized spacial score (nSPS) is 21.0. The minimum atomic E-state index is -0.636. The van der Waals surface area contributed by atoms with Crippen LogP contribution < -0.4 is 26.0 Å². The summed E-state index contributed by atoms with van der Waals surface area (Å²) in [7, 11) is 3.79. The average molecular weight is 484 g/mol. The van der Waals surface area contributed by atoms with Crippen molar-refractivity contribution < 1.29 is 14.6 Å². The van der Waals surface area contributed by atoms with Gasteiger partial charge >= 0.3 is 0 Å². The third-order valence-electron chi connectivity index (χ3n) is 6.86. The van der Waals surface area contributed by atoms with Gasteiger partial charge in [-0.25, -0.2) is 9.97 Å². The molecule has 2 heterocycles. The molecule has 1 aromatic heterocycles. The number of nitrogens with zero attached hydrogens (tertiary/aromatic N) is 4. The van der Waals surface area contributed by atoms with Crippen molar-refractivity contribution in [1.82, 2.24) is 14.9 Å². The summed E-state index contributed by atoms with van der Waals surface area (Å²) in [6, 6.07) is 6.08. The second kappa shape index (κ2) is 11.1. The highest BCUT2D eigenvalue weighted by Crippen LogP contribution is 2.34. The highest BCUT2D eigenvalue weighted by atomic mass is 16.5. The number of carbonyl (C=O) groups is 1. The molecule has 0 spiro atoms. The van der Waals surface area contributed by atoms with Gasteiger partial charge in [-0.3, -0.25) is 4.79 Å². The number of aliphatic hydroxyl groups excluding tert-OH is 1. The zero-order chi connectivity index (χ0) is 24.9. The van der Waals surface area contributed by atoms with E-state index in [1.54, 1.807) is 7.11 Å². The van der Waals surface area contributed by atoms with E-state index in [1.807, 2.05) is 25.1 Å². The van der Waals surface area contributed by atoms with Crippen LogP contribution in [0.25, 0.3) is 0 Å². The Morgan fingerprint density at radius 2 is 1.86 bits per heavy atom. The maximum absolute atomic E-state index is 12.2. The first kappa shape index (κ1) is 25.0.